The van der Waals surface area contributed by atoms with Crippen molar-refractivity contribution in [3.8, 4) is 0 Å². The summed E-state index contributed by atoms with van der Waals surface area (Å²) in [6.45, 7) is -0.0807. The van der Waals surface area contributed by atoms with Gasteiger partial charge in [-0.15, -0.1) is 0 Å². The molecule has 0 bridgehead atoms. The molecule has 0 spiro atoms. The van der Waals surface area contributed by atoms with Crippen LogP contribution in [0.15, 0.2) is 69.1 Å². The number of amides is 1. The molecule has 0 radical (unpaired) electrons. The molecule has 0 atom stereocenters. The van der Waals surface area contributed by atoms with Crippen LogP contribution >= 0.6 is 11.8 Å². The van der Waals surface area contributed by atoms with Crippen molar-refractivity contribution in [2.24, 2.45) is 0 Å². The van der Waals surface area contributed by atoms with Gasteiger partial charge in [-0.2, -0.15) is 8.78 Å². The normalized spacial score (nSPS) is 10.9. The summed E-state index contributed by atoms with van der Waals surface area (Å²) in [5.41, 5.74) is 5.98. The summed E-state index contributed by atoms with van der Waals surface area (Å²) in [6, 6.07) is 15.1. The molecule has 11 heteroatoms. The number of benzene rings is 2. The van der Waals surface area contributed by atoms with Crippen LogP contribution in [0, 0.1) is 0 Å². The van der Waals surface area contributed by atoms with Crippen molar-refractivity contribution in [1.29, 1.82) is 0 Å². The highest BCUT2D eigenvalue weighted by molar-refractivity contribution is 7.99. The van der Waals surface area contributed by atoms with Crippen LogP contribution in [0.5, 0.6) is 0 Å². The molecule has 0 aliphatic carbocycles. The van der Waals surface area contributed by atoms with Crippen LogP contribution in [-0.2, 0) is 11.3 Å². The van der Waals surface area contributed by atoms with E-state index >= 15 is 0 Å². The van der Waals surface area contributed by atoms with Crippen LogP contribution in [0.1, 0.15) is 5.56 Å². The zero-order valence-corrected chi connectivity index (χ0v) is 17.9. The Morgan fingerprint density at radius 1 is 1.16 bits per heavy atom. The predicted octanol–water partition coefficient (Wildman–Crippen LogP) is 2.56. The van der Waals surface area contributed by atoms with Gasteiger partial charge in [-0.25, -0.2) is 4.79 Å². The number of likely N-dealkylation sites (N-methyl/N-ethyl adjacent to an activating group) is 1. The summed E-state index contributed by atoms with van der Waals surface area (Å²) in [6.07, 6.45) is 0. The van der Waals surface area contributed by atoms with Crippen LogP contribution in [0.4, 0.5) is 26.0 Å². The Labute approximate surface area is 186 Å². The van der Waals surface area contributed by atoms with Crippen molar-refractivity contribution in [2.75, 3.05) is 29.5 Å². The molecule has 1 aromatic heterocycles. The first kappa shape index (κ1) is 23.1. The monoisotopic (exact) mass is 461 g/mol. The molecule has 0 saturated carbocycles. The third kappa shape index (κ3) is 5.76. The van der Waals surface area contributed by atoms with E-state index in [1.54, 1.807) is 0 Å². The Hall–Kier alpha value is -3.60. The van der Waals surface area contributed by atoms with Crippen LogP contribution < -0.4 is 27.2 Å². The van der Waals surface area contributed by atoms with Gasteiger partial charge in [0.1, 0.15) is 11.5 Å². The third-order valence-corrected chi connectivity index (χ3v) is 5.25. The molecule has 3 rings (SSSR count). The average molecular weight is 461 g/mol. The highest BCUT2D eigenvalue weighted by Gasteiger charge is 2.18. The van der Waals surface area contributed by atoms with E-state index < -0.39 is 22.9 Å². The van der Waals surface area contributed by atoms with Crippen molar-refractivity contribution in [1.82, 2.24) is 9.55 Å². The van der Waals surface area contributed by atoms with Crippen molar-refractivity contribution in [2.45, 2.75) is 17.2 Å². The molecule has 168 valence electrons. The van der Waals surface area contributed by atoms with Crippen molar-refractivity contribution in [3.05, 3.63) is 81.0 Å². The average Bonchev–Trinajstić information content (AvgIpc) is 2.72. The van der Waals surface area contributed by atoms with E-state index in [0.29, 0.717) is 22.3 Å². The molecule has 3 aromatic rings. The van der Waals surface area contributed by atoms with Crippen LogP contribution in [0.25, 0.3) is 0 Å². The lowest BCUT2D eigenvalue weighted by Gasteiger charge is -2.21. The number of alkyl halides is 2. The van der Waals surface area contributed by atoms with Gasteiger partial charge < -0.3 is 16.0 Å². The first-order valence-corrected chi connectivity index (χ1v) is 10.3. The Balaban J connectivity index is 1.74. The molecule has 8 nitrogen and oxygen atoms in total. The Kier molecular flexibility index (Phi) is 7.31. The molecular formula is C21H21F2N5O3S. The Bertz CT molecular complexity index is 1200. The van der Waals surface area contributed by atoms with Crippen LogP contribution in [0.2, 0.25) is 0 Å². The molecule has 0 aliphatic rings. The molecule has 0 unspecified atom stereocenters. The number of H-pyrrole nitrogens is 1. The summed E-state index contributed by atoms with van der Waals surface area (Å²) < 4.78 is 26.0. The Morgan fingerprint density at radius 3 is 2.44 bits per heavy atom. The number of nitrogens with zero attached hydrogens (tertiary/aromatic N) is 2. The van der Waals surface area contributed by atoms with E-state index in [2.05, 4.69) is 10.3 Å². The minimum atomic E-state index is -2.53. The summed E-state index contributed by atoms with van der Waals surface area (Å²) in [5.74, 6) is -3.05. The molecule has 1 heterocycles. The summed E-state index contributed by atoms with van der Waals surface area (Å²) in [7, 11) is 1.50. The highest BCUT2D eigenvalue weighted by Crippen LogP contribution is 2.26. The highest BCUT2D eigenvalue weighted by atomic mass is 32.2. The first-order valence-electron chi connectivity index (χ1n) is 9.47. The van der Waals surface area contributed by atoms with Gasteiger partial charge in [-0.05, 0) is 29.8 Å². The van der Waals surface area contributed by atoms with Crippen LogP contribution in [0.3, 0.4) is 0 Å². The maximum absolute atomic E-state index is 12.4. The number of hydrogen-bond acceptors (Lipinski definition) is 6. The van der Waals surface area contributed by atoms with Crippen LogP contribution in [-0.4, -0.2) is 34.8 Å². The van der Waals surface area contributed by atoms with E-state index in [0.717, 1.165) is 5.56 Å². The summed E-state index contributed by atoms with van der Waals surface area (Å²) in [4.78, 5) is 41.0. The Morgan fingerprint density at radius 2 is 1.81 bits per heavy atom. The van der Waals surface area contributed by atoms with Crippen molar-refractivity contribution < 1.29 is 13.6 Å². The molecule has 0 saturated heterocycles. The number of nitrogens with two attached hydrogens (primary N) is 1. The van der Waals surface area contributed by atoms with E-state index in [1.807, 2.05) is 30.3 Å². The number of nitrogens with one attached hydrogen (secondary N) is 2. The fourth-order valence-corrected chi connectivity index (χ4v) is 3.58. The van der Waals surface area contributed by atoms with Gasteiger partial charge in [0, 0.05) is 17.6 Å². The van der Waals surface area contributed by atoms with E-state index in [9.17, 15) is 23.2 Å². The van der Waals surface area contributed by atoms with E-state index in [4.69, 9.17) is 5.73 Å². The fourth-order valence-electron chi connectivity index (χ4n) is 3.08. The second kappa shape index (κ2) is 10.1. The zero-order chi connectivity index (χ0) is 23.3. The fraction of sp³-hybridized carbons (Fsp3) is 0.190. The SMILES string of the molecule is CN(CC(=O)Nc1ccc(SC(F)F)cc1)c1c(N)n(Cc2ccccc2)c(=O)[nH]c1=O. The number of thioether (sulfide) groups is 1. The standard InChI is InChI=1S/C21H21F2N5O3S/c1-27(12-16(29)25-14-7-9-15(10-8-14)32-20(22)23)17-18(24)28(21(31)26-19(17)30)11-13-5-3-2-4-6-13/h2-10,20H,11-12,24H2,1H3,(H,25,29)(H,26,30,31). The topological polar surface area (TPSA) is 113 Å². The summed E-state index contributed by atoms with van der Waals surface area (Å²) in [5, 5.41) is 2.63. The number of nitrogen functional groups attached to an aromatic ring is 1. The number of carbonyl (C=O) groups excluding carboxylic acids is 1. The molecule has 1 amide bonds. The number of aromatic nitrogens is 2. The summed E-state index contributed by atoms with van der Waals surface area (Å²) >= 11 is 0.406. The number of rotatable bonds is 8. The number of anilines is 3. The van der Waals surface area contributed by atoms with Crippen molar-refractivity contribution in [3.63, 3.8) is 0 Å². The zero-order valence-electron chi connectivity index (χ0n) is 17.0. The van der Waals surface area contributed by atoms with Gasteiger partial charge in [-0.1, -0.05) is 42.1 Å². The first-order chi connectivity index (χ1) is 15.2. The number of aromatic amines is 1. The maximum Gasteiger partial charge on any atom is 0.330 e. The lowest BCUT2D eigenvalue weighted by Crippen LogP contribution is -2.39. The molecule has 0 fully saturated rings. The largest absolute Gasteiger partial charge is 0.383 e. The van der Waals surface area contributed by atoms with Gasteiger partial charge in [0.05, 0.1) is 13.1 Å². The molecule has 32 heavy (non-hydrogen) atoms. The molecule has 4 N–H and O–H groups in total. The van der Waals surface area contributed by atoms with Gasteiger partial charge in [0.25, 0.3) is 11.3 Å². The minimum absolute atomic E-state index is 0.0145. The van der Waals surface area contributed by atoms with Crippen molar-refractivity contribution >= 4 is 34.9 Å². The number of carbonyl (C=O) groups is 1. The van der Waals surface area contributed by atoms with E-state index in [-0.39, 0.29) is 24.6 Å². The van der Waals surface area contributed by atoms with E-state index in [1.165, 1.54) is 40.8 Å². The lowest BCUT2D eigenvalue weighted by atomic mass is 10.2. The predicted molar refractivity (Wildman–Crippen MR) is 121 cm³/mol. The quantitative estimate of drug-likeness (QED) is 0.445. The molecule has 0 aliphatic heterocycles. The van der Waals surface area contributed by atoms with Gasteiger partial charge >= 0.3 is 5.69 Å². The molecule has 2 aromatic carbocycles. The molecular weight excluding hydrogens is 440 g/mol. The third-order valence-electron chi connectivity index (χ3n) is 4.52. The number of halogens is 2. The van der Waals surface area contributed by atoms with Gasteiger partial charge in [0.2, 0.25) is 5.91 Å². The van der Waals surface area contributed by atoms with Gasteiger partial charge in [-0.3, -0.25) is 19.1 Å². The second-order valence-electron chi connectivity index (χ2n) is 6.87. The maximum atomic E-state index is 12.4. The lowest BCUT2D eigenvalue weighted by molar-refractivity contribution is -0.114. The minimum Gasteiger partial charge on any atom is -0.383 e. The van der Waals surface area contributed by atoms with Gasteiger partial charge in [0.15, 0.2) is 0 Å². The second-order valence-corrected chi connectivity index (χ2v) is 7.94. The number of hydrogen-bond donors (Lipinski definition) is 3. The smallest absolute Gasteiger partial charge is 0.330 e.